The van der Waals surface area contributed by atoms with E-state index in [1.165, 1.54) is 7.05 Å². The molecule has 1 aliphatic rings. The molecule has 1 heterocycles. The number of halogens is 3. The van der Waals surface area contributed by atoms with Gasteiger partial charge in [-0.3, -0.25) is 9.79 Å². The maximum absolute atomic E-state index is 12.4. The Morgan fingerprint density at radius 3 is 2.77 bits per heavy atom. The average molecular weight is 430 g/mol. The molecule has 2 rings (SSSR count). The SMILES string of the molecule is CN=C(NCC(=O)N(C)CC(F)(F)F)NCc1ccc(C)cc1OCC1CCCO1. The lowest BCUT2D eigenvalue weighted by Gasteiger charge is -2.20. The van der Waals surface area contributed by atoms with Crippen LogP contribution < -0.4 is 15.4 Å². The molecule has 168 valence electrons. The molecule has 1 aliphatic heterocycles. The van der Waals surface area contributed by atoms with Crippen LogP contribution in [0, 0.1) is 6.92 Å². The largest absolute Gasteiger partial charge is 0.491 e. The summed E-state index contributed by atoms with van der Waals surface area (Å²) in [5.74, 6) is 0.343. The molecule has 1 fully saturated rings. The van der Waals surface area contributed by atoms with Crippen molar-refractivity contribution >= 4 is 11.9 Å². The number of carbonyl (C=O) groups excluding carboxylic acids is 1. The van der Waals surface area contributed by atoms with Crippen molar-refractivity contribution in [3.63, 3.8) is 0 Å². The van der Waals surface area contributed by atoms with Crippen LogP contribution in [0.3, 0.4) is 0 Å². The highest BCUT2D eigenvalue weighted by atomic mass is 19.4. The summed E-state index contributed by atoms with van der Waals surface area (Å²) >= 11 is 0. The molecule has 7 nitrogen and oxygen atoms in total. The predicted octanol–water partition coefficient (Wildman–Crippen LogP) is 2.24. The van der Waals surface area contributed by atoms with Gasteiger partial charge in [0.2, 0.25) is 5.91 Å². The molecule has 0 aliphatic carbocycles. The molecule has 2 N–H and O–H groups in total. The molecule has 1 aromatic rings. The topological polar surface area (TPSA) is 75.2 Å². The predicted molar refractivity (Wildman–Crippen MR) is 108 cm³/mol. The molecule has 1 atom stereocenters. The van der Waals surface area contributed by atoms with Crippen molar-refractivity contribution in [3.05, 3.63) is 29.3 Å². The monoisotopic (exact) mass is 430 g/mol. The van der Waals surface area contributed by atoms with Crippen LogP contribution in [0.15, 0.2) is 23.2 Å². The van der Waals surface area contributed by atoms with Crippen molar-refractivity contribution in [2.75, 3.05) is 40.4 Å². The molecule has 30 heavy (non-hydrogen) atoms. The summed E-state index contributed by atoms with van der Waals surface area (Å²) in [5.41, 5.74) is 1.95. The van der Waals surface area contributed by atoms with Gasteiger partial charge in [0.05, 0.1) is 12.6 Å². The van der Waals surface area contributed by atoms with E-state index in [9.17, 15) is 18.0 Å². The Kier molecular flexibility index (Phi) is 8.76. The number of ether oxygens (including phenoxy) is 2. The van der Waals surface area contributed by atoms with E-state index in [4.69, 9.17) is 9.47 Å². The maximum atomic E-state index is 12.4. The maximum Gasteiger partial charge on any atom is 0.406 e. The van der Waals surface area contributed by atoms with Crippen molar-refractivity contribution in [2.45, 2.75) is 38.6 Å². The van der Waals surface area contributed by atoms with Gasteiger partial charge in [0.15, 0.2) is 5.96 Å². The lowest BCUT2D eigenvalue weighted by Crippen LogP contribution is -2.45. The standard InChI is InChI=1S/C20H29F3N4O3/c1-14-6-7-15(17(9-14)30-12-16-5-4-8-29-16)10-25-19(24-2)26-11-18(28)27(3)13-20(21,22)23/h6-7,9,16H,4-5,8,10-13H2,1-3H3,(H2,24,25,26). The highest BCUT2D eigenvalue weighted by Crippen LogP contribution is 2.22. The number of alkyl halides is 3. The lowest BCUT2D eigenvalue weighted by atomic mass is 10.1. The minimum Gasteiger partial charge on any atom is -0.491 e. The van der Waals surface area contributed by atoms with Crippen LogP contribution in [0.1, 0.15) is 24.0 Å². The van der Waals surface area contributed by atoms with Gasteiger partial charge in [0.1, 0.15) is 18.9 Å². The molecule has 10 heteroatoms. The number of likely N-dealkylation sites (N-methyl/N-ethyl adjacent to an activating group) is 1. The Morgan fingerprint density at radius 2 is 2.13 bits per heavy atom. The molecular weight excluding hydrogens is 401 g/mol. The van der Waals surface area contributed by atoms with Crippen LogP contribution in [-0.2, 0) is 16.1 Å². The molecule has 1 aromatic carbocycles. The first kappa shape index (κ1) is 23.8. The number of amides is 1. The summed E-state index contributed by atoms with van der Waals surface area (Å²) in [6.07, 6.45) is -2.32. The third kappa shape index (κ3) is 8.10. The molecule has 1 saturated heterocycles. The van der Waals surface area contributed by atoms with Gasteiger partial charge < -0.3 is 25.0 Å². The second-order valence-corrected chi connectivity index (χ2v) is 7.20. The van der Waals surface area contributed by atoms with Crippen molar-refractivity contribution in [1.82, 2.24) is 15.5 Å². The highest BCUT2D eigenvalue weighted by molar-refractivity contribution is 5.86. The fraction of sp³-hybridized carbons (Fsp3) is 0.600. The van der Waals surface area contributed by atoms with E-state index in [1.807, 2.05) is 25.1 Å². The fourth-order valence-corrected chi connectivity index (χ4v) is 2.95. The van der Waals surface area contributed by atoms with Crippen LogP contribution >= 0.6 is 0 Å². The first-order valence-electron chi connectivity index (χ1n) is 9.77. The van der Waals surface area contributed by atoms with E-state index in [2.05, 4.69) is 15.6 Å². The summed E-state index contributed by atoms with van der Waals surface area (Å²) in [4.78, 5) is 16.5. The van der Waals surface area contributed by atoms with Crippen LogP contribution in [0.2, 0.25) is 0 Å². The van der Waals surface area contributed by atoms with Crippen molar-refractivity contribution in [3.8, 4) is 5.75 Å². The Hall–Kier alpha value is -2.49. The number of nitrogens with one attached hydrogen (secondary N) is 2. The lowest BCUT2D eigenvalue weighted by molar-refractivity contribution is -0.157. The number of aryl methyl sites for hydroxylation is 1. The summed E-state index contributed by atoms with van der Waals surface area (Å²) in [7, 11) is 2.63. The molecular formula is C20H29F3N4O3. The highest BCUT2D eigenvalue weighted by Gasteiger charge is 2.31. The Morgan fingerprint density at radius 1 is 1.37 bits per heavy atom. The number of nitrogens with zero attached hydrogens (tertiary/aromatic N) is 2. The average Bonchev–Trinajstić information content (AvgIpc) is 3.19. The number of benzene rings is 1. The Bertz CT molecular complexity index is 734. The molecule has 1 unspecified atom stereocenters. The molecule has 0 radical (unpaired) electrons. The van der Waals surface area contributed by atoms with Crippen LogP contribution in [-0.4, -0.2) is 69.4 Å². The molecule has 1 amide bonds. The fourth-order valence-electron chi connectivity index (χ4n) is 2.95. The van der Waals surface area contributed by atoms with E-state index < -0.39 is 18.6 Å². The number of guanidine groups is 1. The number of hydrogen-bond donors (Lipinski definition) is 2. The molecule has 0 saturated carbocycles. The van der Waals surface area contributed by atoms with E-state index in [-0.39, 0.29) is 12.6 Å². The van der Waals surface area contributed by atoms with Gasteiger partial charge in [0.25, 0.3) is 0 Å². The normalized spacial score (nSPS) is 17.0. The van der Waals surface area contributed by atoms with E-state index in [1.54, 1.807) is 0 Å². The van der Waals surface area contributed by atoms with Gasteiger partial charge >= 0.3 is 6.18 Å². The number of rotatable bonds is 8. The summed E-state index contributed by atoms with van der Waals surface area (Å²) in [5, 5.41) is 5.78. The third-order valence-corrected chi connectivity index (χ3v) is 4.59. The van der Waals surface area contributed by atoms with E-state index in [0.717, 1.165) is 43.4 Å². The van der Waals surface area contributed by atoms with Gasteiger partial charge in [-0.2, -0.15) is 13.2 Å². The zero-order valence-electron chi connectivity index (χ0n) is 17.5. The van der Waals surface area contributed by atoms with Gasteiger partial charge in [-0.05, 0) is 31.4 Å². The van der Waals surface area contributed by atoms with Crippen molar-refractivity contribution in [2.24, 2.45) is 4.99 Å². The van der Waals surface area contributed by atoms with Crippen molar-refractivity contribution < 1.29 is 27.4 Å². The first-order valence-corrected chi connectivity index (χ1v) is 9.77. The van der Waals surface area contributed by atoms with Gasteiger partial charge in [0, 0.05) is 32.8 Å². The minimum atomic E-state index is -4.43. The van der Waals surface area contributed by atoms with Gasteiger partial charge in [-0.25, -0.2) is 0 Å². The van der Waals surface area contributed by atoms with Gasteiger partial charge in [-0.1, -0.05) is 12.1 Å². The van der Waals surface area contributed by atoms with Crippen molar-refractivity contribution in [1.29, 1.82) is 0 Å². The van der Waals surface area contributed by atoms with E-state index >= 15 is 0 Å². The Labute approximate surface area is 174 Å². The number of carbonyl (C=O) groups is 1. The quantitative estimate of drug-likeness (QED) is 0.489. The Balaban J connectivity index is 1.87. The van der Waals surface area contributed by atoms with Crippen LogP contribution in [0.5, 0.6) is 5.75 Å². The molecule has 0 bridgehead atoms. The third-order valence-electron chi connectivity index (χ3n) is 4.59. The zero-order valence-corrected chi connectivity index (χ0v) is 17.5. The summed E-state index contributed by atoms with van der Waals surface area (Å²) < 4.78 is 48.7. The number of aliphatic imine (C=N–C) groups is 1. The zero-order chi connectivity index (χ0) is 22.1. The first-order chi connectivity index (χ1) is 14.2. The van der Waals surface area contributed by atoms with Gasteiger partial charge in [-0.15, -0.1) is 0 Å². The second kappa shape index (κ2) is 11.1. The van der Waals surface area contributed by atoms with Crippen LogP contribution in [0.4, 0.5) is 13.2 Å². The van der Waals surface area contributed by atoms with Crippen LogP contribution in [0.25, 0.3) is 0 Å². The van der Waals surface area contributed by atoms with E-state index in [0.29, 0.717) is 24.0 Å². The molecule has 0 spiro atoms. The second-order valence-electron chi connectivity index (χ2n) is 7.20. The summed E-state index contributed by atoms with van der Waals surface area (Å²) in [6, 6.07) is 5.84. The molecule has 0 aromatic heterocycles. The smallest absolute Gasteiger partial charge is 0.406 e. The number of hydrogen-bond acceptors (Lipinski definition) is 4. The minimum absolute atomic E-state index is 0.0976. The summed E-state index contributed by atoms with van der Waals surface area (Å²) in [6.45, 7) is 1.97.